The zero-order valence-corrected chi connectivity index (χ0v) is 31.3. The number of carbonyl (C=O) groups is 2. The van der Waals surface area contributed by atoms with Crippen molar-refractivity contribution in [1.82, 2.24) is 14.8 Å². The number of aliphatic carboxylic acids is 1. The van der Waals surface area contributed by atoms with Gasteiger partial charge in [-0.25, -0.2) is 4.79 Å². The maximum absolute atomic E-state index is 13.9. The van der Waals surface area contributed by atoms with E-state index in [1.165, 1.54) is 17.2 Å². The summed E-state index contributed by atoms with van der Waals surface area (Å²) in [6.45, 7) is 7.71. The van der Waals surface area contributed by atoms with E-state index in [-0.39, 0.29) is 35.7 Å². The standard InChI is InChI=1S/C42H45ClN4O7/c1-27-31(8-5-9-33(27)34-10-6-12-38(28(34)2)52-17-7-14-46-16-13-32(48)24-46)26-54-40-20-39(53-25-30-18-29(21-44)22-45-23-30)35(19-36(40)43)41(49)47-15-4-3-11-37(47)42(50)51/h5-6,8-10,12,18-20,22-23,32,37,48H,3-4,7,11,13-17,24-26H2,1-2H3,(H,50,51). The molecule has 2 aliphatic rings. The van der Waals surface area contributed by atoms with E-state index in [9.17, 15) is 25.1 Å². The van der Waals surface area contributed by atoms with Crippen LogP contribution in [0.4, 0.5) is 0 Å². The van der Waals surface area contributed by atoms with Crippen molar-refractivity contribution in [2.24, 2.45) is 0 Å². The van der Waals surface area contributed by atoms with Crippen LogP contribution in [0.2, 0.25) is 5.02 Å². The van der Waals surface area contributed by atoms with E-state index in [2.05, 4.69) is 35.0 Å². The molecule has 2 unspecified atom stereocenters. The first-order valence-corrected chi connectivity index (χ1v) is 18.7. The van der Waals surface area contributed by atoms with Gasteiger partial charge < -0.3 is 34.2 Å². The second-order valence-electron chi connectivity index (χ2n) is 13.9. The van der Waals surface area contributed by atoms with Gasteiger partial charge in [-0.1, -0.05) is 41.9 Å². The van der Waals surface area contributed by atoms with Gasteiger partial charge in [-0.05, 0) is 92.0 Å². The number of hydrogen-bond donors (Lipinski definition) is 2. The van der Waals surface area contributed by atoms with E-state index in [0.717, 1.165) is 66.0 Å². The fourth-order valence-electron chi connectivity index (χ4n) is 7.14. The smallest absolute Gasteiger partial charge is 0.326 e. The summed E-state index contributed by atoms with van der Waals surface area (Å²) in [4.78, 5) is 33.7. The monoisotopic (exact) mass is 752 g/mol. The number of amides is 1. The molecule has 0 bridgehead atoms. The van der Waals surface area contributed by atoms with Crippen LogP contribution in [0.15, 0.2) is 67.0 Å². The summed E-state index contributed by atoms with van der Waals surface area (Å²) in [7, 11) is 0. The van der Waals surface area contributed by atoms with Gasteiger partial charge in [-0.2, -0.15) is 5.26 Å². The van der Waals surface area contributed by atoms with Crippen molar-refractivity contribution in [2.45, 2.75) is 71.3 Å². The van der Waals surface area contributed by atoms with Crippen LogP contribution in [0.25, 0.3) is 11.1 Å². The Morgan fingerprint density at radius 1 is 0.926 bits per heavy atom. The van der Waals surface area contributed by atoms with Gasteiger partial charge in [0.15, 0.2) is 0 Å². The maximum atomic E-state index is 13.9. The molecule has 3 aromatic carbocycles. The molecule has 2 fully saturated rings. The molecule has 2 atom stereocenters. The van der Waals surface area contributed by atoms with Crippen molar-refractivity contribution < 1.29 is 34.0 Å². The lowest BCUT2D eigenvalue weighted by atomic mass is 9.93. The Hall–Kier alpha value is -5.15. The highest BCUT2D eigenvalue weighted by atomic mass is 35.5. The van der Waals surface area contributed by atoms with Gasteiger partial charge >= 0.3 is 5.97 Å². The first kappa shape index (κ1) is 38.6. The zero-order chi connectivity index (χ0) is 38.2. The molecule has 2 N–H and O–H groups in total. The predicted octanol–water partition coefficient (Wildman–Crippen LogP) is 6.96. The van der Waals surface area contributed by atoms with E-state index in [1.54, 1.807) is 18.3 Å². The van der Waals surface area contributed by atoms with Crippen LogP contribution < -0.4 is 14.2 Å². The number of aliphatic hydroxyl groups excluding tert-OH is 1. The van der Waals surface area contributed by atoms with Crippen LogP contribution in [0.5, 0.6) is 17.2 Å². The van der Waals surface area contributed by atoms with E-state index < -0.39 is 17.9 Å². The fraction of sp³-hybridized carbons (Fsp3) is 0.381. The summed E-state index contributed by atoms with van der Waals surface area (Å²) in [6, 6.07) is 17.9. The summed E-state index contributed by atoms with van der Waals surface area (Å²) < 4.78 is 18.7. The number of piperidine rings is 1. The SMILES string of the molecule is Cc1c(COc2cc(OCc3cncc(C#N)c3)c(C(=O)N3CCCCC3C(=O)O)cc2Cl)cccc1-c1cccc(OCCCN2CCC(O)C2)c1C. The highest BCUT2D eigenvalue weighted by molar-refractivity contribution is 6.32. The normalized spacial score (nSPS) is 17.2. The molecule has 2 saturated heterocycles. The first-order chi connectivity index (χ1) is 26.1. The largest absolute Gasteiger partial charge is 0.493 e. The molecule has 282 valence electrons. The first-order valence-electron chi connectivity index (χ1n) is 18.3. The molecule has 6 rings (SSSR count). The number of pyridine rings is 1. The number of benzene rings is 3. The number of ether oxygens (including phenoxy) is 3. The van der Waals surface area contributed by atoms with Crippen LogP contribution in [-0.2, 0) is 18.0 Å². The molecule has 0 radical (unpaired) electrons. The van der Waals surface area contributed by atoms with Gasteiger partial charge in [0.25, 0.3) is 5.91 Å². The van der Waals surface area contributed by atoms with E-state index in [1.807, 2.05) is 31.2 Å². The van der Waals surface area contributed by atoms with Crippen LogP contribution in [-0.4, -0.2) is 81.8 Å². The predicted molar refractivity (Wildman–Crippen MR) is 204 cm³/mol. The number of hydrogen-bond acceptors (Lipinski definition) is 9. The number of nitriles is 1. The third-order valence-corrected chi connectivity index (χ3v) is 10.5. The average Bonchev–Trinajstić information content (AvgIpc) is 3.60. The maximum Gasteiger partial charge on any atom is 0.326 e. The Morgan fingerprint density at radius 3 is 2.46 bits per heavy atom. The van der Waals surface area contributed by atoms with Crippen LogP contribution in [0, 0.1) is 25.2 Å². The molecule has 0 aliphatic carbocycles. The quantitative estimate of drug-likeness (QED) is 0.130. The topological polar surface area (TPSA) is 145 Å². The highest BCUT2D eigenvalue weighted by Crippen LogP contribution is 2.37. The molecule has 11 nitrogen and oxygen atoms in total. The number of carboxylic acid groups (broad SMARTS) is 1. The lowest BCUT2D eigenvalue weighted by molar-refractivity contribution is -0.143. The minimum atomic E-state index is -1.06. The van der Waals surface area contributed by atoms with Crippen LogP contribution in [0.3, 0.4) is 0 Å². The Labute approximate surface area is 320 Å². The average molecular weight is 753 g/mol. The minimum absolute atomic E-state index is 0.00189. The van der Waals surface area contributed by atoms with Crippen LogP contribution >= 0.6 is 11.6 Å². The van der Waals surface area contributed by atoms with Crippen molar-refractivity contribution >= 4 is 23.5 Å². The van der Waals surface area contributed by atoms with Gasteiger partial charge in [-0.3, -0.25) is 9.78 Å². The zero-order valence-electron chi connectivity index (χ0n) is 30.6. The molecular formula is C42H45ClN4O7. The van der Waals surface area contributed by atoms with Gasteiger partial charge in [0, 0.05) is 50.2 Å². The number of halogens is 1. The van der Waals surface area contributed by atoms with Crippen LogP contribution in [0.1, 0.15) is 70.3 Å². The van der Waals surface area contributed by atoms with E-state index >= 15 is 0 Å². The summed E-state index contributed by atoms with van der Waals surface area (Å²) in [6.07, 6.45) is 6.26. The number of carbonyl (C=O) groups excluding carboxylic acids is 1. The lowest BCUT2D eigenvalue weighted by Gasteiger charge is -2.33. The molecule has 12 heteroatoms. The van der Waals surface area contributed by atoms with Crippen molar-refractivity contribution in [2.75, 3.05) is 32.8 Å². The van der Waals surface area contributed by atoms with Gasteiger partial charge in [0.2, 0.25) is 0 Å². The highest BCUT2D eigenvalue weighted by Gasteiger charge is 2.34. The van der Waals surface area contributed by atoms with Gasteiger partial charge in [-0.15, -0.1) is 0 Å². The number of aromatic nitrogens is 1. The molecule has 2 aliphatic heterocycles. The number of likely N-dealkylation sites (tertiary alicyclic amines) is 2. The third-order valence-electron chi connectivity index (χ3n) is 10.2. The molecule has 4 aromatic rings. The minimum Gasteiger partial charge on any atom is -0.493 e. The van der Waals surface area contributed by atoms with E-state index in [4.69, 9.17) is 25.8 Å². The fourth-order valence-corrected chi connectivity index (χ4v) is 7.36. The van der Waals surface area contributed by atoms with Gasteiger partial charge in [0.1, 0.15) is 42.6 Å². The molecular weight excluding hydrogens is 708 g/mol. The number of carboxylic acids is 1. The molecule has 0 saturated carbocycles. The van der Waals surface area contributed by atoms with E-state index in [0.29, 0.717) is 49.3 Å². The summed E-state index contributed by atoms with van der Waals surface area (Å²) >= 11 is 6.77. The summed E-state index contributed by atoms with van der Waals surface area (Å²) in [5.41, 5.74) is 6.20. The summed E-state index contributed by atoms with van der Waals surface area (Å²) in [5.74, 6) is -0.254. The molecule has 1 amide bonds. The Morgan fingerprint density at radius 2 is 1.70 bits per heavy atom. The second kappa shape index (κ2) is 17.8. The third kappa shape index (κ3) is 9.13. The van der Waals surface area contributed by atoms with Crippen molar-refractivity contribution in [3.05, 3.63) is 105 Å². The summed E-state index contributed by atoms with van der Waals surface area (Å²) in [5, 5.41) is 29.2. The number of nitrogens with zero attached hydrogens (tertiary/aromatic N) is 4. The second-order valence-corrected chi connectivity index (χ2v) is 14.3. The molecule has 0 spiro atoms. The van der Waals surface area contributed by atoms with Gasteiger partial charge in [0.05, 0.1) is 28.9 Å². The van der Waals surface area contributed by atoms with Crippen molar-refractivity contribution in [3.63, 3.8) is 0 Å². The Balaban J connectivity index is 1.21. The molecule has 1 aromatic heterocycles. The Kier molecular flexibility index (Phi) is 12.7. The number of β-amino-alcohol motifs (C(OH)–C–C–N with tert-alkyl or cyclic N) is 1. The number of aliphatic hydroxyl groups is 1. The van der Waals surface area contributed by atoms with Crippen molar-refractivity contribution in [3.8, 4) is 34.4 Å². The van der Waals surface area contributed by atoms with Crippen molar-refractivity contribution in [1.29, 1.82) is 5.26 Å². The number of rotatable bonds is 14. The molecule has 54 heavy (non-hydrogen) atoms. The molecule has 3 heterocycles. The Bertz CT molecular complexity index is 2030. The lowest BCUT2D eigenvalue weighted by Crippen LogP contribution is -2.48.